The summed E-state index contributed by atoms with van der Waals surface area (Å²) in [5.41, 5.74) is 4.66. The summed E-state index contributed by atoms with van der Waals surface area (Å²) in [4.78, 5) is 45.4. The van der Waals surface area contributed by atoms with Gasteiger partial charge in [0.15, 0.2) is 10.3 Å². The summed E-state index contributed by atoms with van der Waals surface area (Å²) in [6, 6.07) is 22.0. The average Bonchev–Trinajstić information content (AvgIpc) is 3.51. The molecular weight excluding hydrogens is 562 g/mol. The Morgan fingerprint density at radius 3 is 2.39 bits per heavy atom. The number of carbonyl (C=O) groups is 3. The van der Waals surface area contributed by atoms with E-state index in [4.69, 9.17) is 4.74 Å². The van der Waals surface area contributed by atoms with Crippen molar-refractivity contribution in [3.8, 4) is 11.5 Å². The van der Waals surface area contributed by atoms with E-state index in [1.54, 1.807) is 80.8 Å². The van der Waals surface area contributed by atoms with E-state index in [2.05, 4.69) is 20.8 Å². The summed E-state index contributed by atoms with van der Waals surface area (Å²) in [5, 5.41) is 17.1. The van der Waals surface area contributed by atoms with Crippen LogP contribution in [-0.2, 0) is 4.79 Å². The van der Waals surface area contributed by atoms with Crippen molar-refractivity contribution in [1.29, 1.82) is 0 Å². The minimum absolute atomic E-state index is 0.121. The van der Waals surface area contributed by atoms with Crippen molar-refractivity contribution < 1.29 is 24.2 Å². The third kappa shape index (κ3) is 6.29. The Hall–Kier alpha value is -4.94. The van der Waals surface area contributed by atoms with E-state index in [1.165, 1.54) is 17.0 Å². The van der Waals surface area contributed by atoms with Crippen LogP contribution in [0.25, 0.3) is 6.08 Å². The van der Waals surface area contributed by atoms with Crippen LogP contribution < -0.4 is 20.4 Å². The summed E-state index contributed by atoms with van der Waals surface area (Å²) in [7, 11) is 1.54. The van der Waals surface area contributed by atoms with Crippen molar-refractivity contribution in [3.05, 3.63) is 105 Å². The molecule has 2 heterocycles. The van der Waals surface area contributed by atoms with Gasteiger partial charge in [0, 0.05) is 5.56 Å². The largest absolute Gasteiger partial charge is 0.508 e. The first-order valence-electron chi connectivity index (χ1n) is 12.2. The molecular formula is C29H23N5O5S2. The molecule has 3 aromatic carbocycles. The number of nitrogens with one attached hydrogen (secondary N) is 2. The highest BCUT2D eigenvalue weighted by Crippen LogP contribution is 2.36. The van der Waals surface area contributed by atoms with Crippen LogP contribution in [0.5, 0.6) is 11.5 Å². The quantitative estimate of drug-likeness (QED) is 0.200. The number of phenols is 1. The first-order valence-corrected chi connectivity index (χ1v) is 13.8. The number of ether oxygens (including phenoxy) is 1. The Morgan fingerprint density at radius 2 is 1.71 bits per heavy atom. The zero-order chi connectivity index (χ0) is 28.9. The number of amides is 3. The molecule has 0 radical (unpaired) electrons. The van der Waals surface area contributed by atoms with Gasteiger partial charge >= 0.3 is 0 Å². The van der Waals surface area contributed by atoms with Crippen LogP contribution in [0.3, 0.4) is 0 Å². The van der Waals surface area contributed by atoms with Gasteiger partial charge in [0.05, 0.1) is 23.4 Å². The minimum Gasteiger partial charge on any atom is -0.508 e. The zero-order valence-corrected chi connectivity index (χ0v) is 23.5. The lowest BCUT2D eigenvalue weighted by atomic mass is 10.2. The first kappa shape index (κ1) is 27.6. The van der Waals surface area contributed by atoms with Crippen molar-refractivity contribution in [1.82, 2.24) is 10.4 Å². The number of carbonyl (C=O) groups excluding carboxylic acids is 3. The lowest BCUT2D eigenvalue weighted by Crippen LogP contribution is -2.31. The molecule has 0 unspecified atom stereocenters. The van der Waals surface area contributed by atoms with Gasteiger partial charge in [-0.15, -0.1) is 5.10 Å². The minimum atomic E-state index is -0.533. The molecule has 12 heteroatoms. The fourth-order valence-corrected chi connectivity index (χ4v) is 5.59. The van der Waals surface area contributed by atoms with Crippen LogP contribution in [0.2, 0.25) is 0 Å². The molecule has 5 rings (SSSR count). The molecule has 3 amide bonds. The van der Waals surface area contributed by atoms with Gasteiger partial charge in [0.25, 0.3) is 17.7 Å². The molecule has 1 aliphatic rings. The maximum absolute atomic E-state index is 13.4. The number of aromatic nitrogens is 1. The fraction of sp³-hybridized carbons (Fsp3) is 0.0690. The summed E-state index contributed by atoms with van der Waals surface area (Å²) >= 11 is 2.12. The van der Waals surface area contributed by atoms with Gasteiger partial charge in [-0.3, -0.25) is 24.6 Å². The molecule has 0 bridgehead atoms. The summed E-state index contributed by atoms with van der Waals surface area (Å²) in [6.07, 6.45) is 1.69. The number of aromatic hydroxyl groups is 1. The van der Waals surface area contributed by atoms with Crippen LogP contribution in [0.4, 0.5) is 10.8 Å². The monoisotopic (exact) mass is 585 g/mol. The summed E-state index contributed by atoms with van der Waals surface area (Å²) in [6.45, 7) is 1.66. The van der Waals surface area contributed by atoms with Crippen molar-refractivity contribution >= 4 is 62.9 Å². The number of hydrazone groups is 1. The second-order valence-corrected chi connectivity index (χ2v) is 10.6. The number of aryl methyl sites for hydroxylation is 1. The topological polar surface area (TPSA) is 133 Å². The second kappa shape index (κ2) is 12.1. The lowest BCUT2D eigenvalue weighted by Gasteiger charge is -2.15. The normalized spacial score (nSPS) is 14.9. The van der Waals surface area contributed by atoms with Crippen molar-refractivity contribution in [2.45, 2.75) is 6.92 Å². The van der Waals surface area contributed by atoms with Gasteiger partial charge in [0.1, 0.15) is 16.4 Å². The number of thioether (sulfide) groups is 1. The average molecular weight is 586 g/mol. The van der Waals surface area contributed by atoms with Crippen LogP contribution in [0.15, 0.2) is 88.9 Å². The van der Waals surface area contributed by atoms with E-state index in [0.717, 1.165) is 28.7 Å². The molecule has 0 atom stereocenters. The molecule has 4 aromatic rings. The van der Waals surface area contributed by atoms with Crippen molar-refractivity contribution in [3.63, 3.8) is 0 Å². The Labute approximate surface area is 243 Å². The van der Waals surface area contributed by atoms with Gasteiger partial charge in [0.2, 0.25) is 0 Å². The molecule has 3 N–H and O–H groups in total. The molecule has 0 aliphatic carbocycles. The molecule has 1 saturated heterocycles. The first-order chi connectivity index (χ1) is 19.8. The number of amidine groups is 1. The maximum atomic E-state index is 13.4. The third-order valence-corrected chi connectivity index (χ3v) is 7.88. The standard InChI is InChI=1S/C29H23N5O5S2/c1-17-24(41-28(30-17)31-25(36)19-10-14-22(39-2)15-11-19)26(37)32-33-29-34(20-6-4-3-5-7-20)27(38)23(40-29)16-18-8-12-21(35)13-9-18/h3-16,35H,1-2H3,(H,32,37)(H,30,31,36)/b23-16+,33-29+. The number of hydrogen-bond donors (Lipinski definition) is 3. The Kier molecular flexibility index (Phi) is 8.13. The van der Waals surface area contributed by atoms with Gasteiger partial charge in [-0.05, 0) is 78.9 Å². The van der Waals surface area contributed by atoms with E-state index in [0.29, 0.717) is 27.6 Å². The molecule has 0 saturated carbocycles. The zero-order valence-electron chi connectivity index (χ0n) is 21.8. The van der Waals surface area contributed by atoms with Crippen molar-refractivity contribution in [2.24, 2.45) is 5.10 Å². The highest BCUT2D eigenvalue weighted by molar-refractivity contribution is 8.19. The number of nitrogens with zero attached hydrogens (tertiary/aromatic N) is 3. The molecule has 41 heavy (non-hydrogen) atoms. The molecule has 1 aliphatic heterocycles. The van der Waals surface area contributed by atoms with E-state index in [1.807, 2.05) is 6.07 Å². The van der Waals surface area contributed by atoms with Gasteiger partial charge < -0.3 is 9.84 Å². The van der Waals surface area contributed by atoms with E-state index < -0.39 is 5.91 Å². The smallest absolute Gasteiger partial charge is 0.283 e. The van der Waals surface area contributed by atoms with Gasteiger partial charge in [-0.2, -0.15) is 0 Å². The third-order valence-electron chi connectivity index (χ3n) is 5.84. The molecule has 1 fully saturated rings. The lowest BCUT2D eigenvalue weighted by molar-refractivity contribution is -0.113. The maximum Gasteiger partial charge on any atom is 0.283 e. The van der Waals surface area contributed by atoms with Crippen LogP contribution in [-0.4, -0.2) is 40.1 Å². The van der Waals surface area contributed by atoms with E-state index in [-0.39, 0.29) is 32.7 Å². The Bertz CT molecular complexity index is 1670. The van der Waals surface area contributed by atoms with Gasteiger partial charge in [-0.1, -0.05) is 41.7 Å². The van der Waals surface area contributed by atoms with E-state index in [9.17, 15) is 19.5 Å². The van der Waals surface area contributed by atoms with Crippen molar-refractivity contribution in [2.75, 3.05) is 17.3 Å². The highest BCUT2D eigenvalue weighted by atomic mass is 32.2. The number of benzene rings is 3. The SMILES string of the molecule is COc1ccc(C(=O)Nc2nc(C)c(C(=O)N/N=C3/S/C(=C/c4ccc(O)cc4)C(=O)N3c3ccccc3)s2)cc1. The Morgan fingerprint density at radius 1 is 1.00 bits per heavy atom. The predicted octanol–water partition coefficient (Wildman–Crippen LogP) is 5.24. The van der Waals surface area contributed by atoms with Gasteiger partial charge in [-0.25, -0.2) is 10.4 Å². The number of rotatable bonds is 7. The summed E-state index contributed by atoms with van der Waals surface area (Å²) in [5.74, 6) is -0.464. The summed E-state index contributed by atoms with van der Waals surface area (Å²) < 4.78 is 5.11. The highest BCUT2D eigenvalue weighted by Gasteiger charge is 2.35. The molecule has 206 valence electrons. The number of hydrogen-bond acceptors (Lipinski definition) is 9. The number of thiazole rings is 1. The molecule has 0 spiro atoms. The van der Waals surface area contributed by atoms with Crippen LogP contribution in [0.1, 0.15) is 31.3 Å². The number of para-hydroxylation sites is 1. The predicted molar refractivity (Wildman–Crippen MR) is 160 cm³/mol. The van der Waals surface area contributed by atoms with Crippen LogP contribution in [0, 0.1) is 6.92 Å². The number of methoxy groups -OCH3 is 1. The molecule has 10 nitrogen and oxygen atoms in total. The number of phenolic OH excluding ortho intramolecular Hbond substituents is 1. The second-order valence-electron chi connectivity index (χ2n) is 8.63. The van der Waals surface area contributed by atoms with E-state index >= 15 is 0 Å². The fourth-order valence-electron chi connectivity index (χ4n) is 3.80. The number of anilines is 2. The molecule has 1 aromatic heterocycles. The van der Waals surface area contributed by atoms with Crippen LogP contribution >= 0.6 is 23.1 Å². The Balaban J connectivity index is 1.34.